The summed E-state index contributed by atoms with van der Waals surface area (Å²) in [4.78, 5) is 21.4. The van der Waals surface area contributed by atoms with Gasteiger partial charge in [-0.25, -0.2) is 0 Å². The molecule has 0 aromatic rings. The van der Waals surface area contributed by atoms with Crippen molar-refractivity contribution in [3.8, 4) is 0 Å². The van der Waals surface area contributed by atoms with Gasteiger partial charge in [0.1, 0.15) is 0 Å². The number of hydrogen-bond acceptors (Lipinski definition) is 2. The third kappa shape index (κ3) is 30.9. The maximum absolute atomic E-state index is 11.2. The predicted molar refractivity (Wildman–Crippen MR) is 147 cm³/mol. The Bertz CT molecular complexity index is 422. The van der Waals surface area contributed by atoms with Crippen LogP contribution in [-0.2, 0) is 9.59 Å². The van der Waals surface area contributed by atoms with E-state index in [1.807, 2.05) is 0 Å². The SMILES string of the molecule is CCCCCCCCCCC(CCCCCC)C(=O)O.CCCCCCCCCCCC(=O)O. The van der Waals surface area contributed by atoms with Crippen LogP contribution in [0.2, 0.25) is 0 Å². The van der Waals surface area contributed by atoms with E-state index in [4.69, 9.17) is 5.11 Å². The Kier molecular flexibility index (Phi) is 30.9. The zero-order chi connectivity index (χ0) is 25.7. The second kappa shape index (κ2) is 30.0. The van der Waals surface area contributed by atoms with Gasteiger partial charge < -0.3 is 10.2 Å². The van der Waals surface area contributed by atoms with Crippen LogP contribution >= 0.6 is 0 Å². The van der Waals surface area contributed by atoms with Crippen molar-refractivity contribution in [1.29, 1.82) is 0 Å². The summed E-state index contributed by atoms with van der Waals surface area (Å²) < 4.78 is 0. The van der Waals surface area contributed by atoms with Crippen LogP contribution in [0.15, 0.2) is 0 Å². The van der Waals surface area contributed by atoms with E-state index in [9.17, 15) is 14.7 Å². The van der Waals surface area contributed by atoms with Crippen LogP contribution in [0, 0.1) is 5.92 Å². The smallest absolute Gasteiger partial charge is 0.306 e. The highest BCUT2D eigenvalue weighted by molar-refractivity contribution is 5.69. The van der Waals surface area contributed by atoms with Crippen LogP contribution in [-0.4, -0.2) is 22.2 Å². The quantitative estimate of drug-likeness (QED) is 0.126. The maximum Gasteiger partial charge on any atom is 0.306 e. The van der Waals surface area contributed by atoms with Gasteiger partial charge in [0, 0.05) is 6.42 Å². The first kappa shape index (κ1) is 35.1. The van der Waals surface area contributed by atoms with E-state index in [1.54, 1.807) is 0 Å². The summed E-state index contributed by atoms with van der Waals surface area (Å²) in [5, 5.41) is 17.6. The molecule has 0 rings (SSSR count). The Morgan fingerprint density at radius 2 is 0.765 bits per heavy atom. The van der Waals surface area contributed by atoms with Crippen molar-refractivity contribution in [3.05, 3.63) is 0 Å². The van der Waals surface area contributed by atoms with Gasteiger partial charge in [-0.15, -0.1) is 0 Å². The van der Waals surface area contributed by atoms with Gasteiger partial charge in [-0.05, 0) is 19.3 Å². The minimum atomic E-state index is -0.659. The molecular formula is C30H60O4. The van der Waals surface area contributed by atoms with Crippen LogP contribution in [0.1, 0.15) is 175 Å². The highest BCUT2D eigenvalue weighted by atomic mass is 16.4. The fraction of sp³-hybridized carbons (Fsp3) is 0.933. The molecule has 0 amide bonds. The van der Waals surface area contributed by atoms with E-state index in [-0.39, 0.29) is 5.92 Å². The average Bonchev–Trinajstić information content (AvgIpc) is 2.81. The first-order valence-electron chi connectivity index (χ1n) is 14.9. The van der Waals surface area contributed by atoms with Crippen molar-refractivity contribution >= 4 is 11.9 Å². The lowest BCUT2D eigenvalue weighted by Crippen LogP contribution is -2.13. The zero-order valence-corrected chi connectivity index (χ0v) is 23.3. The summed E-state index contributed by atoms with van der Waals surface area (Å²) in [5.74, 6) is -1.33. The first-order chi connectivity index (χ1) is 16.5. The molecule has 0 aliphatic carbocycles. The summed E-state index contributed by atoms with van der Waals surface area (Å²) in [6.07, 6.45) is 28.3. The van der Waals surface area contributed by atoms with Gasteiger partial charge in [0.25, 0.3) is 0 Å². The molecule has 0 fully saturated rings. The maximum atomic E-state index is 11.2. The van der Waals surface area contributed by atoms with Gasteiger partial charge in [-0.2, -0.15) is 0 Å². The van der Waals surface area contributed by atoms with Crippen LogP contribution in [0.5, 0.6) is 0 Å². The second-order valence-electron chi connectivity index (χ2n) is 10.1. The van der Waals surface area contributed by atoms with E-state index in [0.29, 0.717) is 6.42 Å². The standard InChI is InChI=1S/C18H36O2.C12H24O2/c1-3-5-7-9-10-11-12-14-16-17(18(19)20)15-13-8-6-4-2;1-2-3-4-5-6-7-8-9-10-11-12(13)14/h17H,3-16H2,1-2H3,(H,19,20);2-11H2,1H3,(H,13,14). The lowest BCUT2D eigenvalue weighted by atomic mass is 9.94. The number of carbonyl (C=O) groups is 2. The Morgan fingerprint density at radius 3 is 1.09 bits per heavy atom. The van der Waals surface area contributed by atoms with E-state index < -0.39 is 11.9 Å². The summed E-state index contributed by atoms with van der Waals surface area (Å²) in [6.45, 7) is 6.66. The number of carboxylic acids is 2. The molecule has 0 aromatic heterocycles. The molecule has 0 saturated carbocycles. The number of hydrogen-bond donors (Lipinski definition) is 2. The van der Waals surface area contributed by atoms with Gasteiger partial charge in [0.2, 0.25) is 0 Å². The molecule has 4 nitrogen and oxygen atoms in total. The molecular weight excluding hydrogens is 424 g/mol. The van der Waals surface area contributed by atoms with Crippen LogP contribution in [0.3, 0.4) is 0 Å². The van der Waals surface area contributed by atoms with Crippen LogP contribution in [0.4, 0.5) is 0 Å². The van der Waals surface area contributed by atoms with Crippen molar-refractivity contribution in [2.45, 2.75) is 175 Å². The second-order valence-corrected chi connectivity index (χ2v) is 10.1. The fourth-order valence-corrected chi connectivity index (χ4v) is 4.32. The summed E-state index contributed by atoms with van der Waals surface area (Å²) in [6, 6.07) is 0. The Hall–Kier alpha value is -1.06. The van der Waals surface area contributed by atoms with Crippen molar-refractivity contribution < 1.29 is 19.8 Å². The minimum absolute atomic E-state index is 0.0908. The van der Waals surface area contributed by atoms with Crippen LogP contribution in [0.25, 0.3) is 0 Å². The molecule has 0 bridgehead atoms. The topological polar surface area (TPSA) is 74.6 Å². The third-order valence-electron chi connectivity index (χ3n) is 6.66. The molecule has 0 saturated heterocycles. The molecule has 0 aliphatic heterocycles. The molecule has 0 aromatic carbocycles. The number of aliphatic carboxylic acids is 2. The molecule has 1 unspecified atom stereocenters. The van der Waals surface area contributed by atoms with Crippen LogP contribution < -0.4 is 0 Å². The molecule has 0 heterocycles. The average molecular weight is 485 g/mol. The van der Waals surface area contributed by atoms with Gasteiger partial charge in [-0.3, -0.25) is 9.59 Å². The lowest BCUT2D eigenvalue weighted by Gasteiger charge is -2.11. The fourth-order valence-electron chi connectivity index (χ4n) is 4.32. The van der Waals surface area contributed by atoms with Gasteiger partial charge in [0.15, 0.2) is 0 Å². The largest absolute Gasteiger partial charge is 0.481 e. The van der Waals surface area contributed by atoms with Crippen molar-refractivity contribution in [1.82, 2.24) is 0 Å². The first-order valence-corrected chi connectivity index (χ1v) is 14.9. The number of rotatable bonds is 25. The third-order valence-corrected chi connectivity index (χ3v) is 6.66. The van der Waals surface area contributed by atoms with Crippen molar-refractivity contribution in [2.75, 3.05) is 0 Å². The molecule has 1 atom stereocenters. The monoisotopic (exact) mass is 484 g/mol. The highest BCUT2D eigenvalue weighted by Gasteiger charge is 2.16. The van der Waals surface area contributed by atoms with Crippen molar-refractivity contribution in [2.24, 2.45) is 5.92 Å². The Labute approximate surface area is 212 Å². The molecule has 0 aliphatic rings. The highest BCUT2D eigenvalue weighted by Crippen LogP contribution is 2.19. The number of unbranched alkanes of at least 4 members (excludes halogenated alkanes) is 18. The van der Waals surface area contributed by atoms with Crippen molar-refractivity contribution in [3.63, 3.8) is 0 Å². The molecule has 2 N–H and O–H groups in total. The summed E-state index contributed by atoms with van der Waals surface area (Å²) >= 11 is 0. The Morgan fingerprint density at radius 1 is 0.471 bits per heavy atom. The molecule has 4 heteroatoms. The van der Waals surface area contributed by atoms with E-state index in [2.05, 4.69) is 20.8 Å². The summed E-state index contributed by atoms with van der Waals surface area (Å²) in [7, 11) is 0. The van der Waals surface area contributed by atoms with Gasteiger partial charge in [0.05, 0.1) is 5.92 Å². The molecule has 0 radical (unpaired) electrons. The minimum Gasteiger partial charge on any atom is -0.481 e. The van der Waals surface area contributed by atoms with Gasteiger partial charge >= 0.3 is 11.9 Å². The number of carboxylic acid groups (broad SMARTS) is 2. The normalized spacial score (nSPS) is 11.6. The van der Waals surface area contributed by atoms with Gasteiger partial charge in [-0.1, -0.05) is 149 Å². The van der Waals surface area contributed by atoms with E-state index in [0.717, 1.165) is 38.5 Å². The summed E-state index contributed by atoms with van der Waals surface area (Å²) in [5.41, 5.74) is 0. The Balaban J connectivity index is 0. The molecule has 0 spiro atoms. The van der Waals surface area contributed by atoms with E-state index in [1.165, 1.54) is 109 Å². The molecule has 34 heavy (non-hydrogen) atoms. The predicted octanol–water partition coefficient (Wildman–Crippen LogP) is 10.2. The van der Waals surface area contributed by atoms with E-state index >= 15 is 0 Å². The lowest BCUT2D eigenvalue weighted by molar-refractivity contribution is -0.142. The molecule has 204 valence electrons. The zero-order valence-electron chi connectivity index (χ0n) is 23.3.